The van der Waals surface area contributed by atoms with Crippen molar-refractivity contribution in [2.75, 3.05) is 37.9 Å². The minimum Gasteiger partial charge on any atom is -0.437 e. The van der Waals surface area contributed by atoms with Crippen LogP contribution in [0.1, 0.15) is 24.0 Å². The van der Waals surface area contributed by atoms with E-state index in [1.807, 2.05) is 55.5 Å². The van der Waals surface area contributed by atoms with Crippen LogP contribution in [0.5, 0.6) is 11.6 Å². The number of anilines is 1. The van der Waals surface area contributed by atoms with Crippen LogP contribution in [-0.2, 0) is 20.3 Å². The maximum Gasteiger partial charge on any atom is 0.228 e. The highest BCUT2D eigenvalue weighted by atomic mass is 32.2. The molecule has 5 rings (SSSR count). The molecule has 0 saturated carbocycles. The van der Waals surface area contributed by atoms with Crippen LogP contribution in [0.3, 0.4) is 0 Å². The molecule has 0 radical (unpaired) electrons. The summed E-state index contributed by atoms with van der Waals surface area (Å²) in [6.45, 7) is 4.05. The second kappa shape index (κ2) is 12.1. The number of aromatic nitrogens is 3. The highest BCUT2D eigenvalue weighted by Crippen LogP contribution is 2.37. The van der Waals surface area contributed by atoms with Gasteiger partial charge in [0.2, 0.25) is 11.8 Å². The Morgan fingerprint density at radius 2 is 1.95 bits per heavy atom. The predicted octanol–water partition coefficient (Wildman–Crippen LogP) is 4.52. The van der Waals surface area contributed by atoms with Crippen LogP contribution < -0.4 is 15.4 Å². The van der Waals surface area contributed by atoms with Crippen molar-refractivity contribution >= 4 is 26.6 Å². The number of aryl methyl sites for hydroxylation is 1. The van der Waals surface area contributed by atoms with E-state index in [9.17, 15) is 8.42 Å². The van der Waals surface area contributed by atoms with E-state index in [0.717, 1.165) is 53.4 Å². The Labute approximate surface area is 228 Å². The second-order valence-electron chi connectivity index (χ2n) is 9.72. The number of methoxy groups -OCH3 is 1. The summed E-state index contributed by atoms with van der Waals surface area (Å²) >= 11 is 0. The number of hydrogen-bond acceptors (Lipinski definition) is 9. The van der Waals surface area contributed by atoms with Crippen molar-refractivity contribution in [1.29, 1.82) is 0 Å². The molecule has 9 nitrogen and oxygen atoms in total. The minimum absolute atomic E-state index is 0.0283. The van der Waals surface area contributed by atoms with Crippen molar-refractivity contribution in [3.05, 3.63) is 72.1 Å². The summed E-state index contributed by atoms with van der Waals surface area (Å²) in [5.41, 5.74) is 3.06. The lowest BCUT2D eigenvalue weighted by molar-refractivity contribution is 0.217. The molecule has 0 bridgehead atoms. The first-order valence-corrected chi connectivity index (χ1v) is 14.9. The van der Waals surface area contributed by atoms with Gasteiger partial charge in [-0.05, 0) is 61.0 Å². The van der Waals surface area contributed by atoms with Gasteiger partial charge in [-0.15, -0.1) is 0 Å². The number of sulfone groups is 1. The average Bonchev–Trinajstić information content (AvgIpc) is 2.94. The summed E-state index contributed by atoms with van der Waals surface area (Å²) in [6, 6.07) is 15.4. The largest absolute Gasteiger partial charge is 0.437 e. The fraction of sp³-hybridized carbons (Fsp3) is 0.345. The van der Waals surface area contributed by atoms with E-state index in [-0.39, 0.29) is 24.2 Å². The maximum absolute atomic E-state index is 12.7. The molecule has 1 aliphatic heterocycles. The van der Waals surface area contributed by atoms with E-state index < -0.39 is 9.84 Å². The molecule has 2 N–H and O–H groups in total. The van der Waals surface area contributed by atoms with Gasteiger partial charge in [0.15, 0.2) is 9.84 Å². The molecule has 4 aromatic rings. The van der Waals surface area contributed by atoms with Crippen molar-refractivity contribution < 1.29 is 17.9 Å². The number of fused-ring (bicyclic) bond motifs is 1. The summed E-state index contributed by atoms with van der Waals surface area (Å²) < 4.78 is 36.8. The van der Waals surface area contributed by atoms with E-state index in [0.29, 0.717) is 23.3 Å². The smallest absolute Gasteiger partial charge is 0.228 e. The van der Waals surface area contributed by atoms with Crippen LogP contribution in [0.15, 0.2) is 60.9 Å². The van der Waals surface area contributed by atoms with Crippen LogP contribution in [-0.4, -0.2) is 62.0 Å². The molecular formula is C29H33N5O4S. The van der Waals surface area contributed by atoms with Crippen LogP contribution >= 0.6 is 0 Å². The summed E-state index contributed by atoms with van der Waals surface area (Å²) in [6.07, 6.45) is 5.60. The molecular weight excluding hydrogens is 514 g/mol. The monoisotopic (exact) mass is 547 g/mol. The average molecular weight is 548 g/mol. The number of piperidine rings is 1. The molecule has 0 amide bonds. The molecule has 0 spiro atoms. The SMILES string of the molecule is COCCS(=O)(=O)Cc1cccc2c(Oc3ncccc3-c3ccnc(N[C@H]4CCCNC4)n3)c(C)ccc12. The minimum atomic E-state index is -3.33. The highest BCUT2D eigenvalue weighted by Gasteiger charge is 2.19. The van der Waals surface area contributed by atoms with E-state index >= 15 is 0 Å². The highest BCUT2D eigenvalue weighted by molar-refractivity contribution is 7.90. The third kappa shape index (κ3) is 6.52. The van der Waals surface area contributed by atoms with Gasteiger partial charge in [0, 0.05) is 37.5 Å². The number of ether oxygens (including phenoxy) is 2. The number of pyridine rings is 1. The second-order valence-corrected chi connectivity index (χ2v) is 11.9. The van der Waals surface area contributed by atoms with E-state index in [2.05, 4.69) is 20.6 Å². The third-order valence-corrected chi connectivity index (χ3v) is 8.34. The lowest BCUT2D eigenvalue weighted by Gasteiger charge is -2.23. The van der Waals surface area contributed by atoms with Crippen molar-refractivity contribution in [2.24, 2.45) is 0 Å². The Morgan fingerprint density at radius 1 is 1.05 bits per heavy atom. The van der Waals surface area contributed by atoms with Crippen LogP contribution in [0, 0.1) is 6.92 Å². The van der Waals surface area contributed by atoms with Gasteiger partial charge >= 0.3 is 0 Å². The zero-order valence-electron chi connectivity index (χ0n) is 22.2. The fourth-order valence-corrected chi connectivity index (χ4v) is 6.08. The lowest BCUT2D eigenvalue weighted by Crippen LogP contribution is -2.38. The molecule has 2 aromatic heterocycles. The molecule has 1 saturated heterocycles. The fourth-order valence-electron chi connectivity index (χ4n) is 4.78. The number of nitrogens with one attached hydrogen (secondary N) is 2. The Hall–Kier alpha value is -3.60. The normalized spacial score (nSPS) is 15.8. The number of rotatable bonds is 10. The molecule has 0 aliphatic carbocycles. The van der Waals surface area contributed by atoms with Gasteiger partial charge in [-0.25, -0.2) is 23.4 Å². The first-order chi connectivity index (χ1) is 18.9. The Balaban J connectivity index is 1.47. The molecule has 1 aliphatic rings. The quantitative estimate of drug-likeness (QED) is 0.296. The van der Waals surface area contributed by atoms with Gasteiger partial charge in [0.05, 0.1) is 29.4 Å². The standard InChI is InChI=1S/C29H33N5O4S/c1-20-10-11-23-21(19-39(35,36)17-16-37-2)6-3-8-24(23)27(20)38-28-25(9-5-14-31-28)26-12-15-32-29(34-26)33-22-7-4-13-30-18-22/h3,5-6,8-12,14-15,22,30H,4,7,13,16-19H2,1-2H3,(H,32,33,34)/t22-/m0/s1. The Bertz CT molecular complexity index is 1550. The maximum atomic E-state index is 12.7. The number of benzene rings is 2. The van der Waals surface area contributed by atoms with Gasteiger partial charge < -0.3 is 20.1 Å². The molecule has 2 aromatic carbocycles. The first kappa shape index (κ1) is 27.0. The molecule has 204 valence electrons. The number of nitrogens with zero attached hydrogens (tertiary/aromatic N) is 3. The third-order valence-electron chi connectivity index (χ3n) is 6.80. The summed E-state index contributed by atoms with van der Waals surface area (Å²) in [5.74, 6) is 1.51. The molecule has 3 heterocycles. The van der Waals surface area contributed by atoms with Gasteiger partial charge in [0.25, 0.3) is 0 Å². The molecule has 1 fully saturated rings. The van der Waals surface area contributed by atoms with Gasteiger partial charge in [-0.1, -0.05) is 30.3 Å². The van der Waals surface area contributed by atoms with Crippen molar-refractivity contribution in [1.82, 2.24) is 20.3 Å². The zero-order valence-corrected chi connectivity index (χ0v) is 23.0. The van der Waals surface area contributed by atoms with Gasteiger partial charge in [-0.2, -0.15) is 0 Å². The van der Waals surface area contributed by atoms with Crippen LogP contribution in [0.25, 0.3) is 22.0 Å². The van der Waals surface area contributed by atoms with Gasteiger partial charge in [0.1, 0.15) is 5.75 Å². The van der Waals surface area contributed by atoms with Crippen molar-refractivity contribution in [2.45, 2.75) is 31.6 Å². The molecule has 1 atom stereocenters. The Kier molecular flexibility index (Phi) is 8.35. The van der Waals surface area contributed by atoms with Crippen molar-refractivity contribution in [3.8, 4) is 22.9 Å². The summed E-state index contributed by atoms with van der Waals surface area (Å²) in [4.78, 5) is 13.7. The number of hydrogen-bond donors (Lipinski definition) is 2. The van der Waals surface area contributed by atoms with Gasteiger partial charge in [-0.3, -0.25) is 0 Å². The van der Waals surface area contributed by atoms with E-state index in [1.54, 1.807) is 12.4 Å². The predicted molar refractivity (Wildman–Crippen MR) is 153 cm³/mol. The van der Waals surface area contributed by atoms with Crippen LogP contribution in [0.2, 0.25) is 0 Å². The molecule has 10 heteroatoms. The molecule has 0 unspecified atom stereocenters. The summed E-state index contributed by atoms with van der Waals surface area (Å²) in [7, 11) is -1.83. The lowest BCUT2D eigenvalue weighted by atomic mass is 10.0. The summed E-state index contributed by atoms with van der Waals surface area (Å²) in [5, 5.41) is 8.47. The Morgan fingerprint density at radius 3 is 2.77 bits per heavy atom. The topological polar surface area (TPSA) is 115 Å². The first-order valence-electron chi connectivity index (χ1n) is 13.1. The van der Waals surface area contributed by atoms with Crippen molar-refractivity contribution in [3.63, 3.8) is 0 Å². The van der Waals surface area contributed by atoms with E-state index in [1.165, 1.54) is 7.11 Å². The van der Waals surface area contributed by atoms with E-state index in [4.69, 9.17) is 14.5 Å². The zero-order chi connectivity index (χ0) is 27.2. The molecule has 39 heavy (non-hydrogen) atoms. The van der Waals surface area contributed by atoms with Crippen LogP contribution in [0.4, 0.5) is 5.95 Å².